The number of aromatic nitrogens is 3. The summed E-state index contributed by atoms with van der Waals surface area (Å²) in [4.78, 5) is 12.1. The second-order valence-corrected chi connectivity index (χ2v) is 8.50. The van der Waals surface area contributed by atoms with Crippen molar-refractivity contribution in [1.29, 1.82) is 0 Å². The Morgan fingerprint density at radius 2 is 1.93 bits per heavy atom. The number of carbonyl (C=O) groups excluding carboxylic acids is 1. The van der Waals surface area contributed by atoms with Crippen molar-refractivity contribution in [1.82, 2.24) is 20.1 Å². The normalized spacial score (nSPS) is 14.2. The van der Waals surface area contributed by atoms with Gasteiger partial charge in [0.2, 0.25) is 5.91 Å². The van der Waals surface area contributed by atoms with Gasteiger partial charge in [0, 0.05) is 19.4 Å². The van der Waals surface area contributed by atoms with Crippen molar-refractivity contribution in [3.8, 4) is 5.75 Å². The first-order chi connectivity index (χ1) is 13.4. The number of benzene rings is 1. The number of ether oxygens (including phenoxy) is 1. The van der Waals surface area contributed by atoms with E-state index in [1.165, 1.54) is 18.4 Å². The highest BCUT2D eigenvalue weighted by Gasteiger charge is 2.15. The predicted molar refractivity (Wildman–Crippen MR) is 109 cm³/mol. The quantitative estimate of drug-likeness (QED) is 0.738. The second kappa shape index (κ2) is 9.22. The summed E-state index contributed by atoms with van der Waals surface area (Å²) >= 11 is 0. The maximum atomic E-state index is 12.1. The summed E-state index contributed by atoms with van der Waals surface area (Å²) in [5.41, 5.74) is 1.42. The number of fused-ring (bicyclic) bond motifs is 1. The summed E-state index contributed by atoms with van der Waals surface area (Å²) in [6.45, 7) is 8.51. The fraction of sp³-hybridized carbons (Fsp3) is 0.591. The number of aryl methyl sites for hydroxylation is 1. The number of carbonyl (C=O) groups is 1. The van der Waals surface area contributed by atoms with Crippen molar-refractivity contribution in [3.63, 3.8) is 0 Å². The Hall–Kier alpha value is -2.37. The largest absolute Gasteiger partial charge is 0.494 e. The topological polar surface area (TPSA) is 69.0 Å². The van der Waals surface area contributed by atoms with Crippen LogP contribution in [0.3, 0.4) is 0 Å². The Bertz CT molecular complexity index is 775. The van der Waals surface area contributed by atoms with Gasteiger partial charge in [-0.15, -0.1) is 10.2 Å². The minimum absolute atomic E-state index is 0.0256. The van der Waals surface area contributed by atoms with Gasteiger partial charge in [-0.2, -0.15) is 0 Å². The Kier molecular flexibility index (Phi) is 6.70. The smallest absolute Gasteiger partial charge is 0.220 e. The molecule has 1 aliphatic heterocycles. The van der Waals surface area contributed by atoms with Crippen molar-refractivity contribution in [3.05, 3.63) is 41.5 Å². The molecular weight excluding hydrogens is 352 g/mol. The molecule has 1 aromatic heterocycles. The van der Waals surface area contributed by atoms with Gasteiger partial charge in [0.05, 0.1) is 13.2 Å². The Balaban J connectivity index is 1.37. The van der Waals surface area contributed by atoms with Crippen LogP contribution in [0.2, 0.25) is 0 Å². The standard InChI is InChI=1S/C22H32N4O2/c1-22(2,3)17-10-12-18(13-11-17)28-15-7-9-21(27)23-16-20-25-24-19-8-5-4-6-14-26(19)20/h10-13H,4-9,14-16H2,1-3H3,(H,23,27). The van der Waals surface area contributed by atoms with Crippen LogP contribution in [0.4, 0.5) is 0 Å². The Morgan fingerprint density at radius 3 is 2.68 bits per heavy atom. The molecular formula is C22H32N4O2. The molecule has 0 unspecified atom stereocenters. The van der Waals surface area contributed by atoms with Crippen molar-refractivity contribution in [2.24, 2.45) is 0 Å². The molecule has 2 aromatic rings. The van der Waals surface area contributed by atoms with E-state index in [-0.39, 0.29) is 11.3 Å². The van der Waals surface area contributed by atoms with Crippen LogP contribution in [0.25, 0.3) is 0 Å². The average Bonchev–Trinajstić information content (AvgIpc) is 2.89. The van der Waals surface area contributed by atoms with Crippen molar-refractivity contribution in [2.75, 3.05) is 6.61 Å². The SMILES string of the molecule is CC(C)(C)c1ccc(OCCCC(=O)NCc2nnc3n2CCCCC3)cc1. The van der Waals surface area contributed by atoms with E-state index in [1.807, 2.05) is 12.1 Å². The molecule has 1 amide bonds. The van der Waals surface area contributed by atoms with Gasteiger partial charge in [-0.25, -0.2) is 0 Å². The third-order valence-electron chi connectivity index (χ3n) is 5.17. The van der Waals surface area contributed by atoms with E-state index in [9.17, 15) is 4.79 Å². The van der Waals surface area contributed by atoms with Crippen LogP contribution in [0.5, 0.6) is 5.75 Å². The van der Waals surface area contributed by atoms with Crippen LogP contribution < -0.4 is 10.1 Å². The lowest BCUT2D eigenvalue weighted by atomic mass is 9.87. The molecule has 0 saturated heterocycles. The van der Waals surface area contributed by atoms with E-state index >= 15 is 0 Å². The van der Waals surface area contributed by atoms with Gasteiger partial charge >= 0.3 is 0 Å². The lowest BCUT2D eigenvalue weighted by molar-refractivity contribution is -0.121. The van der Waals surface area contributed by atoms with Gasteiger partial charge in [0.1, 0.15) is 11.6 Å². The van der Waals surface area contributed by atoms with Crippen LogP contribution in [0.1, 0.15) is 70.1 Å². The molecule has 1 N–H and O–H groups in total. The van der Waals surface area contributed by atoms with Crippen molar-refractivity contribution >= 4 is 5.91 Å². The van der Waals surface area contributed by atoms with Gasteiger partial charge in [0.25, 0.3) is 0 Å². The number of nitrogens with one attached hydrogen (secondary N) is 1. The molecule has 3 rings (SSSR count). The second-order valence-electron chi connectivity index (χ2n) is 8.50. The summed E-state index contributed by atoms with van der Waals surface area (Å²) < 4.78 is 7.92. The highest BCUT2D eigenvalue weighted by atomic mass is 16.5. The maximum Gasteiger partial charge on any atom is 0.220 e. The highest BCUT2D eigenvalue weighted by Crippen LogP contribution is 2.24. The lowest BCUT2D eigenvalue weighted by Gasteiger charge is -2.19. The van der Waals surface area contributed by atoms with Crippen LogP contribution in [-0.2, 0) is 29.7 Å². The number of amides is 1. The summed E-state index contributed by atoms with van der Waals surface area (Å²) in [6, 6.07) is 8.20. The van der Waals surface area contributed by atoms with Gasteiger partial charge in [0.15, 0.2) is 5.82 Å². The average molecular weight is 385 g/mol. The molecule has 1 aromatic carbocycles. The molecule has 0 spiro atoms. The molecule has 28 heavy (non-hydrogen) atoms. The van der Waals surface area contributed by atoms with Crippen LogP contribution in [0, 0.1) is 0 Å². The van der Waals surface area contributed by atoms with E-state index in [0.29, 0.717) is 26.0 Å². The predicted octanol–water partition coefficient (Wildman–Crippen LogP) is 3.78. The van der Waals surface area contributed by atoms with Gasteiger partial charge < -0.3 is 14.6 Å². The molecule has 0 bridgehead atoms. The van der Waals surface area contributed by atoms with E-state index in [0.717, 1.165) is 36.8 Å². The minimum atomic E-state index is 0.0256. The monoisotopic (exact) mass is 384 g/mol. The summed E-state index contributed by atoms with van der Waals surface area (Å²) in [6.07, 6.45) is 5.67. The minimum Gasteiger partial charge on any atom is -0.494 e. The third kappa shape index (κ3) is 5.57. The fourth-order valence-corrected chi connectivity index (χ4v) is 3.42. The first kappa shape index (κ1) is 20.4. The van der Waals surface area contributed by atoms with Crippen LogP contribution in [-0.4, -0.2) is 27.3 Å². The first-order valence-electron chi connectivity index (χ1n) is 10.3. The zero-order chi connectivity index (χ0) is 20.0. The van der Waals surface area contributed by atoms with Crippen molar-refractivity contribution in [2.45, 2.75) is 77.8 Å². The molecule has 0 saturated carbocycles. The molecule has 2 heterocycles. The highest BCUT2D eigenvalue weighted by molar-refractivity contribution is 5.75. The van der Waals surface area contributed by atoms with E-state index in [4.69, 9.17) is 4.74 Å². The van der Waals surface area contributed by atoms with E-state index in [2.05, 4.69) is 53.0 Å². The fourth-order valence-electron chi connectivity index (χ4n) is 3.42. The molecule has 1 aliphatic rings. The van der Waals surface area contributed by atoms with Crippen LogP contribution in [0.15, 0.2) is 24.3 Å². The van der Waals surface area contributed by atoms with E-state index in [1.54, 1.807) is 0 Å². The summed E-state index contributed by atoms with van der Waals surface area (Å²) in [5.74, 6) is 2.78. The van der Waals surface area contributed by atoms with E-state index < -0.39 is 0 Å². The summed E-state index contributed by atoms with van der Waals surface area (Å²) in [7, 11) is 0. The maximum absolute atomic E-state index is 12.1. The first-order valence-corrected chi connectivity index (χ1v) is 10.3. The van der Waals surface area contributed by atoms with Gasteiger partial charge in [-0.05, 0) is 42.4 Å². The lowest BCUT2D eigenvalue weighted by Crippen LogP contribution is -2.25. The molecule has 152 valence electrons. The van der Waals surface area contributed by atoms with Gasteiger partial charge in [-0.1, -0.05) is 39.3 Å². The summed E-state index contributed by atoms with van der Waals surface area (Å²) in [5, 5.41) is 11.5. The van der Waals surface area contributed by atoms with Gasteiger partial charge in [-0.3, -0.25) is 4.79 Å². The zero-order valence-corrected chi connectivity index (χ0v) is 17.3. The molecule has 0 radical (unpaired) electrons. The third-order valence-corrected chi connectivity index (χ3v) is 5.17. The molecule has 0 fully saturated rings. The van der Waals surface area contributed by atoms with Crippen LogP contribution >= 0.6 is 0 Å². The zero-order valence-electron chi connectivity index (χ0n) is 17.3. The number of rotatable bonds is 7. The Labute approximate surface area is 167 Å². The molecule has 6 heteroatoms. The number of hydrogen-bond donors (Lipinski definition) is 1. The molecule has 0 atom stereocenters. The number of hydrogen-bond acceptors (Lipinski definition) is 4. The number of nitrogens with zero attached hydrogens (tertiary/aromatic N) is 3. The molecule has 6 nitrogen and oxygen atoms in total. The Morgan fingerprint density at radius 1 is 1.14 bits per heavy atom. The molecule has 0 aliphatic carbocycles. The van der Waals surface area contributed by atoms with Crippen molar-refractivity contribution < 1.29 is 9.53 Å².